The Bertz CT molecular complexity index is 678. The quantitative estimate of drug-likeness (QED) is 0.495. The molecule has 0 atom stereocenters. The monoisotopic (exact) mass is 394 g/mol. The van der Waals surface area contributed by atoms with Crippen molar-refractivity contribution < 1.29 is 18.7 Å². The predicted molar refractivity (Wildman–Crippen MR) is 107 cm³/mol. The van der Waals surface area contributed by atoms with Crippen LogP contribution in [0.5, 0.6) is 5.75 Å². The van der Waals surface area contributed by atoms with Gasteiger partial charge in [0.05, 0.1) is 13.2 Å². The number of nitrogens with one attached hydrogen (secondary N) is 2. The fraction of sp³-hybridized carbons (Fsp3) is 0.600. The highest BCUT2D eigenvalue weighted by molar-refractivity contribution is 5.80. The van der Waals surface area contributed by atoms with Crippen LogP contribution in [0.2, 0.25) is 0 Å². The van der Waals surface area contributed by atoms with Crippen molar-refractivity contribution in [3.05, 3.63) is 29.1 Å². The van der Waals surface area contributed by atoms with Crippen LogP contribution in [-0.4, -0.2) is 56.3 Å². The zero-order chi connectivity index (χ0) is 20.4. The van der Waals surface area contributed by atoms with Crippen molar-refractivity contribution in [1.29, 1.82) is 0 Å². The molecule has 0 bridgehead atoms. The molecule has 1 aliphatic rings. The summed E-state index contributed by atoms with van der Waals surface area (Å²) in [5.74, 6) is 1.17. The van der Waals surface area contributed by atoms with Crippen LogP contribution in [0.1, 0.15) is 38.3 Å². The van der Waals surface area contributed by atoms with E-state index >= 15 is 0 Å². The Hall–Kier alpha value is -2.35. The number of amides is 1. The second-order valence-corrected chi connectivity index (χ2v) is 6.42. The zero-order valence-electron chi connectivity index (χ0n) is 17.0. The summed E-state index contributed by atoms with van der Waals surface area (Å²) in [6, 6.07) is 2.95. The second-order valence-electron chi connectivity index (χ2n) is 6.42. The van der Waals surface area contributed by atoms with Crippen LogP contribution in [0.3, 0.4) is 0 Å². The number of hydrogen-bond donors (Lipinski definition) is 2. The first-order valence-electron chi connectivity index (χ1n) is 9.90. The average Bonchev–Trinajstić information content (AvgIpc) is 2.68. The smallest absolute Gasteiger partial charge is 0.224 e. The molecule has 8 heteroatoms. The lowest BCUT2D eigenvalue weighted by atomic mass is 10.1. The topological polar surface area (TPSA) is 75.2 Å². The van der Waals surface area contributed by atoms with Crippen molar-refractivity contribution in [3.8, 4) is 5.75 Å². The molecule has 0 radical (unpaired) electrons. The van der Waals surface area contributed by atoms with Gasteiger partial charge in [0.25, 0.3) is 0 Å². The summed E-state index contributed by atoms with van der Waals surface area (Å²) >= 11 is 0. The number of carbonyl (C=O) groups excluding carboxylic acids is 1. The van der Waals surface area contributed by atoms with E-state index in [0.717, 1.165) is 11.1 Å². The maximum absolute atomic E-state index is 13.8. The zero-order valence-corrected chi connectivity index (χ0v) is 17.0. The molecule has 0 saturated heterocycles. The molecule has 1 aromatic rings. The molecule has 0 aliphatic carbocycles. The Morgan fingerprint density at radius 2 is 2.04 bits per heavy atom. The van der Waals surface area contributed by atoms with Crippen LogP contribution in [0.25, 0.3) is 0 Å². The Labute approximate surface area is 166 Å². The van der Waals surface area contributed by atoms with E-state index in [1.54, 1.807) is 4.90 Å². The third-order valence-corrected chi connectivity index (χ3v) is 4.49. The predicted octanol–water partition coefficient (Wildman–Crippen LogP) is 2.05. The first kappa shape index (κ1) is 21.9. The van der Waals surface area contributed by atoms with Crippen molar-refractivity contribution in [1.82, 2.24) is 15.5 Å². The van der Waals surface area contributed by atoms with E-state index in [0.29, 0.717) is 63.9 Å². The van der Waals surface area contributed by atoms with Crippen LogP contribution in [-0.2, 0) is 22.6 Å². The van der Waals surface area contributed by atoms with Gasteiger partial charge in [-0.2, -0.15) is 0 Å². The standard InChI is InChI=1S/C20H31FN4O3/c1-4-22-20(24-10-8-18(26)25(5-2)6-3)23-9-7-15-11-17(21)12-16-13-27-14-28-19(15)16/h11-12H,4-10,13-14H2,1-3H3,(H2,22,23,24). The van der Waals surface area contributed by atoms with Gasteiger partial charge in [0.2, 0.25) is 5.91 Å². The molecule has 28 heavy (non-hydrogen) atoms. The van der Waals surface area contributed by atoms with Crippen LogP contribution in [0.4, 0.5) is 4.39 Å². The van der Waals surface area contributed by atoms with Crippen molar-refractivity contribution in [2.24, 2.45) is 4.99 Å². The number of aliphatic imine (C=N–C) groups is 1. The lowest BCUT2D eigenvalue weighted by molar-refractivity contribution is -0.130. The van der Waals surface area contributed by atoms with Gasteiger partial charge in [-0.3, -0.25) is 9.79 Å². The second kappa shape index (κ2) is 11.5. The van der Waals surface area contributed by atoms with Crippen LogP contribution < -0.4 is 15.4 Å². The summed E-state index contributed by atoms with van der Waals surface area (Å²) in [6.45, 7) is 9.58. The highest BCUT2D eigenvalue weighted by Gasteiger charge is 2.16. The minimum absolute atomic E-state index is 0.107. The van der Waals surface area contributed by atoms with Gasteiger partial charge in [-0.15, -0.1) is 0 Å². The Morgan fingerprint density at radius 3 is 2.75 bits per heavy atom. The molecule has 0 aromatic heterocycles. The number of hydrogen-bond acceptors (Lipinski definition) is 4. The summed E-state index contributed by atoms with van der Waals surface area (Å²) in [5, 5.41) is 6.39. The molecule has 7 nitrogen and oxygen atoms in total. The van der Waals surface area contributed by atoms with Crippen LogP contribution in [0.15, 0.2) is 17.1 Å². The number of rotatable bonds is 9. The molecule has 0 spiro atoms. The molecule has 0 fully saturated rings. The summed E-state index contributed by atoms with van der Waals surface area (Å²) in [4.78, 5) is 18.3. The number of nitrogens with zero attached hydrogens (tertiary/aromatic N) is 2. The average molecular weight is 394 g/mol. The lowest BCUT2D eigenvalue weighted by Crippen LogP contribution is -2.38. The van der Waals surface area contributed by atoms with Gasteiger partial charge < -0.3 is 25.0 Å². The van der Waals surface area contributed by atoms with Crippen molar-refractivity contribution in [2.75, 3.05) is 39.5 Å². The number of carbonyl (C=O) groups is 1. The molecule has 2 N–H and O–H groups in total. The van der Waals surface area contributed by atoms with Gasteiger partial charge in [0, 0.05) is 38.2 Å². The minimum atomic E-state index is -0.293. The van der Waals surface area contributed by atoms with E-state index in [4.69, 9.17) is 9.47 Å². The summed E-state index contributed by atoms with van der Waals surface area (Å²) in [6.07, 6.45) is 0.965. The van der Waals surface area contributed by atoms with Crippen LogP contribution >= 0.6 is 0 Å². The number of halogens is 1. The SMILES string of the molecule is CCNC(=NCCC(=O)N(CC)CC)NCCc1cc(F)cc2c1OCOC2. The van der Waals surface area contributed by atoms with Gasteiger partial charge >= 0.3 is 0 Å². The Balaban J connectivity index is 1.89. The van der Waals surface area contributed by atoms with Crippen LogP contribution in [0, 0.1) is 5.82 Å². The maximum atomic E-state index is 13.8. The lowest BCUT2D eigenvalue weighted by Gasteiger charge is -2.21. The van der Waals surface area contributed by atoms with E-state index < -0.39 is 0 Å². The van der Waals surface area contributed by atoms with Gasteiger partial charge in [-0.25, -0.2) is 4.39 Å². The van der Waals surface area contributed by atoms with Gasteiger partial charge in [0.1, 0.15) is 11.6 Å². The molecular formula is C20H31FN4O3. The van der Waals surface area contributed by atoms with E-state index in [2.05, 4.69) is 15.6 Å². The third kappa shape index (κ3) is 6.37. The molecule has 1 amide bonds. The minimum Gasteiger partial charge on any atom is -0.467 e. The molecule has 0 saturated carbocycles. The Morgan fingerprint density at radius 1 is 1.25 bits per heavy atom. The summed E-state index contributed by atoms with van der Waals surface area (Å²) < 4.78 is 24.6. The first-order chi connectivity index (χ1) is 13.6. The van der Waals surface area contributed by atoms with E-state index in [1.165, 1.54) is 12.1 Å². The fourth-order valence-corrected chi connectivity index (χ4v) is 3.10. The first-order valence-corrected chi connectivity index (χ1v) is 9.90. The normalized spacial score (nSPS) is 13.5. The highest BCUT2D eigenvalue weighted by atomic mass is 19.1. The number of fused-ring (bicyclic) bond motifs is 1. The Kier molecular flexibility index (Phi) is 9.00. The van der Waals surface area contributed by atoms with Crippen molar-refractivity contribution in [3.63, 3.8) is 0 Å². The third-order valence-electron chi connectivity index (χ3n) is 4.49. The molecule has 0 unspecified atom stereocenters. The molecule has 1 aliphatic heterocycles. The number of ether oxygens (including phenoxy) is 2. The maximum Gasteiger partial charge on any atom is 0.224 e. The molecule has 2 rings (SSSR count). The summed E-state index contributed by atoms with van der Waals surface area (Å²) in [7, 11) is 0. The fourth-order valence-electron chi connectivity index (χ4n) is 3.10. The van der Waals surface area contributed by atoms with E-state index in [-0.39, 0.29) is 18.5 Å². The number of guanidine groups is 1. The largest absolute Gasteiger partial charge is 0.467 e. The van der Waals surface area contributed by atoms with Gasteiger partial charge in [-0.05, 0) is 44.9 Å². The molecular weight excluding hydrogens is 363 g/mol. The molecule has 1 aromatic carbocycles. The summed E-state index contributed by atoms with van der Waals surface area (Å²) in [5.41, 5.74) is 1.54. The number of benzene rings is 1. The van der Waals surface area contributed by atoms with Crippen molar-refractivity contribution >= 4 is 11.9 Å². The highest BCUT2D eigenvalue weighted by Crippen LogP contribution is 2.29. The molecule has 1 heterocycles. The van der Waals surface area contributed by atoms with E-state index in [1.807, 2.05) is 20.8 Å². The van der Waals surface area contributed by atoms with Gasteiger partial charge in [-0.1, -0.05) is 0 Å². The van der Waals surface area contributed by atoms with Crippen molar-refractivity contribution in [2.45, 2.75) is 40.2 Å². The van der Waals surface area contributed by atoms with Gasteiger partial charge in [0.15, 0.2) is 12.8 Å². The molecule has 156 valence electrons. The van der Waals surface area contributed by atoms with E-state index in [9.17, 15) is 9.18 Å².